The molecule has 0 fully saturated rings. The second-order valence-corrected chi connectivity index (χ2v) is 5.28. The molecule has 2 aromatic rings. The summed E-state index contributed by atoms with van der Waals surface area (Å²) in [5, 5.41) is 32.2. The van der Waals surface area contributed by atoms with Crippen molar-refractivity contribution in [3.8, 4) is 11.8 Å². The fourth-order valence-electron chi connectivity index (χ4n) is 2.20. The number of nitro groups is 1. The number of benzene rings is 2. The van der Waals surface area contributed by atoms with Crippen LogP contribution in [0.25, 0.3) is 6.08 Å². The molecule has 1 amide bonds. The molecular weight excluding hydrogens is 322 g/mol. The van der Waals surface area contributed by atoms with Crippen LogP contribution in [0.15, 0.2) is 54.1 Å². The van der Waals surface area contributed by atoms with Gasteiger partial charge in [0.15, 0.2) is 5.75 Å². The first-order chi connectivity index (χ1) is 11.9. The molecule has 0 aromatic heterocycles. The number of phenols is 1. The van der Waals surface area contributed by atoms with Gasteiger partial charge >= 0.3 is 5.69 Å². The topological polar surface area (TPSA) is 116 Å². The lowest BCUT2D eigenvalue weighted by atomic mass is 10.1. The third kappa shape index (κ3) is 4.42. The Labute approximate surface area is 144 Å². The van der Waals surface area contributed by atoms with Gasteiger partial charge in [-0.2, -0.15) is 5.26 Å². The minimum Gasteiger partial charge on any atom is -0.502 e. The molecule has 7 nitrogen and oxygen atoms in total. The molecule has 2 aromatic carbocycles. The van der Waals surface area contributed by atoms with Crippen molar-refractivity contribution in [1.29, 1.82) is 5.26 Å². The number of nitriles is 1. The number of amides is 1. The van der Waals surface area contributed by atoms with E-state index in [1.165, 1.54) is 12.1 Å². The van der Waals surface area contributed by atoms with Crippen molar-refractivity contribution >= 4 is 17.7 Å². The lowest BCUT2D eigenvalue weighted by Gasteiger charge is -2.13. The number of nitrogens with zero attached hydrogens (tertiary/aromatic N) is 2. The third-order valence-electron chi connectivity index (χ3n) is 3.52. The van der Waals surface area contributed by atoms with Crippen molar-refractivity contribution in [2.24, 2.45) is 0 Å². The lowest BCUT2D eigenvalue weighted by molar-refractivity contribution is -0.385. The quantitative estimate of drug-likeness (QED) is 0.376. The predicted molar refractivity (Wildman–Crippen MR) is 91.4 cm³/mol. The Morgan fingerprint density at radius 1 is 1.32 bits per heavy atom. The smallest absolute Gasteiger partial charge is 0.310 e. The molecule has 0 spiro atoms. The number of carbonyl (C=O) groups is 1. The van der Waals surface area contributed by atoms with E-state index in [0.29, 0.717) is 5.56 Å². The van der Waals surface area contributed by atoms with Crippen LogP contribution >= 0.6 is 0 Å². The highest BCUT2D eigenvalue weighted by molar-refractivity contribution is 6.01. The molecule has 0 bridgehead atoms. The molecule has 2 rings (SSSR count). The molecule has 1 unspecified atom stereocenters. The molecule has 7 heteroatoms. The normalized spacial score (nSPS) is 12.1. The minimum atomic E-state index is -0.720. The van der Waals surface area contributed by atoms with Gasteiger partial charge < -0.3 is 10.4 Å². The summed E-state index contributed by atoms with van der Waals surface area (Å²) >= 11 is 0. The molecule has 0 radical (unpaired) electrons. The summed E-state index contributed by atoms with van der Waals surface area (Å²) in [5.41, 5.74) is 0.581. The highest BCUT2D eigenvalue weighted by atomic mass is 16.6. The van der Waals surface area contributed by atoms with Crippen molar-refractivity contribution < 1.29 is 14.8 Å². The Morgan fingerprint density at radius 2 is 2.00 bits per heavy atom. The monoisotopic (exact) mass is 337 g/mol. The van der Waals surface area contributed by atoms with Gasteiger partial charge in [-0.25, -0.2) is 0 Å². The van der Waals surface area contributed by atoms with Gasteiger partial charge in [-0.15, -0.1) is 0 Å². The zero-order valence-corrected chi connectivity index (χ0v) is 13.3. The van der Waals surface area contributed by atoms with Gasteiger partial charge in [-0.05, 0) is 36.3 Å². The highest BCUT2D eigenvalue weighted by Crippen LogP contribution is 2.27. The van der Waals surface area contributed by atoms with Crippen LogP contribution in [0.4, 0.5) is 5.69 Å². The van der Waals surface area contributed by atoms with Crippen LogP contribution in [0.2, 0.25) is 0 Å². The number of aromatic hydroxyl groups is 1. The van der Waals surface area contributed by atoms with E-state index in [2.05, 4.69) is 5.32 Å². The van der Waals surface area contributed by atoms with Crippen molar-refractivity contribution in [3.63, 3.8) is 0 Å². The number of nitrogens with one attached hydrogen (secondary N) is 1. The van der Waals surface area contributed by atoms with Crippen LogP contribution in [0.5, 0.6) is 5.75 Å². The average Bonchev–Trinajstić information content (AvgIpc) is 2.60. The fourth-order valence-corrected chi connectivity index (χ4v) is 2.20. The van der Waals surface area contributed by atoms with Crippen LogP contribution < -0.4 is 5.32 Å². The third-order valence-corrected chi connectivity index (χ3v) is 3.52. The maximum absolute atomic E-state index is 12.2. The molecule has 0 saturated heterocycles. The first kappa shape index (κ1) is 17.7. The first-order valence-corrected chi connectivity index (χ1v) is 7.37. The summed E-state index contributed by atoms with van der Waals surface area (Å²) < 4.78 is 0. The second kappa shape index (κ2) is 7.75. The van der Waals surface area contributed by atoms with Crippen molar-refractivity contribution in [3.05, 3.63) is 75.3 Å². The molecule has 25 heavy (non-hydrogen) atoms. The van der Waals surface area contributed by atoms with E-state index in [-0.39, 0.29) is 11.6 Å². The largest absolute Gasteiger partial charge is 0.502 e. The fraction of sp³-hybridized carbons (Fsp3) is 0.111. The molecule has 0 aliphatic heterocycles. The SMILES string of the molecule is CC(NC(=O)C(C#N)=Cc1ccc([N+](=O)[O-])c(O)c1)c1ccccc1. The summed E-state index contributed by atoms with van der Waals surface area (Å²) in [6, 6.07) is 14.4. The molecule has 1 atom stereocenters. The van der Waals surface area contributed by atoms with Gasteiger partial charge in [0.05, 0.1) is 11.0 Å². The zero-order chi connectivity index (χ0) is 18.4. The zero-order valence-electron chi connectivity index (χ0n) is 13.3. The number of hydrogen-bond donors (Lipinski definition) is 2. The van der Waals surface area contributed by atoms with Crippen LogP contribution in [-0.4, -0.2) is 15.9 Å². The maximum atomic E-state index is 12.2. The molecule has 126 valence electrons. The van der Waals surface area contributed by atoms with Gasteiger partial charge in [-0.3, -0.25) is 14.9 Å². The molecule has 0 aliphatic rings. The molecule has 0 aliphatic carbocycles. The van der Waals surface area contributed by atoms with Gasteiger partial charge in [0, 0.05) is 6.07 Å². The van der Waals surface area contributed by atoms with Crippen LogP contribution in [0.3, 0.4) is 0 Å². The van der Waals surface area contributed by atoms with Gasteiger partial charge in [0.2, 0.25) is 0 Å². The lowest BCUT2D eigenvalue weighted by Crippen LogP contribution is -2.27. The first-order valence-electron chi connectivity index (χ1n) is 7.37. The van der Waals surface area contributed by atoms with E-state index in [1.54, 1.807) is 13.0 Å². The van der Waals surface area contributed by atoms with E-state index in [0.717, 1.165) is 17.7 Å². The Balaban J connectivity index is 2.20. The standard InChI is InChI=1S/C18H15N3O4/c1-12(14-5-3-2-4-6-14)20-18(23)15(11-19)9-13-7-8-16(21(24)25)17(22)10-13/h2-10,12,22H,1H3,(H,20,23). The van der Waals surface area contributed by atoms with Gasteiger partial charge in [0.25, 0.3) is 5.91 Å². The summed E-state index contributed by atoms with van der Waals surface area (Å²) in [5.74, 6) is -1.11. The Hall–Kier alpha value is -3.66. The van der Waals surface area contributed by atoms with Crippen molar-refractivity contribution in [2.75, 3.05) is 0 Å². The van der Waals surface area contributed by atoms with E-state index in [1.807, 2.05) is 30.3 Å². The number of hydrogen-bond acceptors (Lipinski definition) is 5. The number of carbonyl (C=O) groups excluding carboxylic acids is 1. The van der Waals surface area contributed by atoms with E-state index in [4.69, 9.17) is 0 Å². The Kier molecular flexibility index (Phi) is 5.48. The Bertz CT molecular complexity index is 870. The summed E-state index contributed by atoms with van der Waals surface area (Å²) in [6.45, 7) is 1.79. The summed E-state index contributed by atoms with van der Waals surface area (Å²) in [7, 11) is 0. The summed E-state index contributed by atoms with van der Waals surface area (Å²) in [4.78, 5) is 22.2. The van der Waals surface area contributed by atoms with E-state index < -0.39 is 22.3 Å². The van der Waals surface area contributed by atoms with Gasteiger partial charge in [0.1, 0.15) is 11.6 Å². The molecular formula is C18H15N3O4. The maximum Gasteiger partial charge on any atom is 0.310 e. The van der Waals surface area contributed by atoms with Crippen LogP contribution in [-0.2, 0) is 4.79 Å². The Morgan fingerprint density at radius 3 is 2.56 bits per heavy atom. The molecule has 2 N–H and O–H groups in total. The van der Waals surface area contributed by atoms with E-state index >= 15 is 0 Å². The van der Waals surface area contributed by atoms with Crippen molar-refractivity contribution in [2.45, 2.75) is 13.0 Å². The van der Waals surface area contributed by atoms with Crippen LogP contribution in [0.1, 0.15) is 24.1 Å². The number of nitro benzene ring substituents is 1. The minimum absolute atomic E-state index is 0.170. The molecule has 0 saturated carbocycles. The predicted octanol–water partition coefficient (Wildman–Crippen LogP) is 3.08. The summed E-state index contributed by atoms with van der Waals surface area (Å²) in [6.07, 6.45) is 1.26. The number of phenolic OH excluding ortho intramolecular Hbond substituents is 1. The average molecular weight is 337 g/mol. The second-order valence-electron chi connectivity index (χ2n) is 5.28. The molecule has 0 heterocycles. The number of rotatable bonds is 5. The van der Waals surface area contributed by atoms with Crippen LogP contribution in [0, 0.1) is 21.4 Å². The highest BCUT2D eigenvalue weighted by Gasteiger charge is 2.16. The van der Waals surface area contributed by atoms with Gasteiger partial charge in [-0.1, -0.05) is 30.3 Å². The van der Waals surface area contributed by atoms with E-state index in [9.17, 15) is 25.3 Å². The van der Waals surface area contributed by atoms with Crippen molar-refractivity contribution in [1.82, 2.24) is 5.32 Å².